The lowest BCUT2D eigenvalue weighted by Gasteiger charge is -2.05. The van der Waals surface area contributed by atoms with Gasteiger partial charge in [0.25, 0.3) is 0 Å². The van der Waals surface area contributed by atoms with Crippen molar-refractivity contribution in [2.45, 2.75) is 11.3 Å². The summed E-state index contributed by atoms with van der Waals surface area (Å²) in [6.45, 7) is 0. The first-order valence-electron chi connectivity index (χ1n) is 6.35. The van der Waals surface area contributed by atoms with Gasteiger partial charge in [0.2, 0.25) is 5.91 Å². The van der Waals surface area contributed by atoms with Crippen LogP contribution >= 0.6 is 23.4 Å². The van der Waals surface area contributed by atoms with Gasteiger partial charge in [-0.05, 0) is 36.4 Å². The molecule has 0 bridgehead atoms. The molecule has 0 aliphatic rings. The van der Waals surface area contributed by atoms with Crippen molar-refractivity contribution >= 4 is 35.1 Å². The average molecular weight is 323 g/mol. The van der Waals surface area contributed by atoms with Crippen LogP contribution < -0.4 is 10.1 Å². The molecule has 0 saturated carbocycles. The third-order valence-corrected chi connectivity index (χ3v) is 3.89. The summed E-state index contributed by atoms with van der Waals surface area (Å²) >= 11 is 7.36. The SMILES string of the molecule is COc1ccc(SCCC(=O)Nc2ccc(Cl)cn2)cc1. The first-order valence-corrected chi connectivity index (χ1v) is 7.72. The van der Waals surface area contributed by atoms with Gasteiger partial charge < -0.3 is 10.1 Å². The van der Waals surface area contributed by atoms with E-state index < -0.39 is 0 Å². The highest BCUT2D eigenvalue weighted by molar-refractivity contribution is 7.99. The van der Waals surface area contributed by atoms with E-state index in [1.54, 1.807) is 31.0 Å². The van der Waals surface area contributed by atoms with Crippen LogP contribution in [0.3, 0.4) is 0 Å². The van der Waals surface area contributed by atoms with Gasteiger partial charge in [-0.15, -0.1) is 11.8 Å². The fourth-order valence-corrected chi connectivity index (χ4v) is 2.55. The Labute approximate surface area is 132 Å². The monoisotopic (exact) mass is 322 g/mol. The Balaban J connectivity index is 1.74. The van der Waals surface area contributed by atoms with Gasteiger partial charge in [-0.1, -0.05) is 11.6 Å². The Kier molecular flexibility index (Phi) is 5.90. The van der Waals surface area contributed by atoms with Crippen molar-refractivity contribution in [3.63, 3.8) is 0 Å². The molecule has 0 unspecified atom stereocenters. The van der Waals surface area contributed by atoms with Crippen LogP contribution in [0.5, 0.6) is 5.75 Å². The normalized spacial score (nSPS) is 10.2. The summed E-state index contributed by atoms with van der Waals surface area (Å²) in [6.07, 6.45) is 1.92. The number of nitrogens with zero attached hydrogens (tertiary/aromatic N) is 1. The Morgan fingerprint density at radius 1 is 1.29 bits per heavy atom. The number of methoxy groups -OCH3 is 1. The number of aromatic nitrogens is 1. The second-order valence-corrected chi connectivity index (χ2v) is 5.79. The van der Waals surface area contributed by atoms with E-state index in [0.717, 1.165) is 10.6 Å². The Bertz CT molecular complexity index is 588. The summed E-state index contributed by atoms with van der Waals surface area (Å²) in [4.78, 5) is 16.9. The fourth-order valence-electron chi connectivity index (χ4n) is 1.59. The molecule has 1 heterocycles. The zero-order valence-electron chi connectivity index (χ0n) is 11.5. The molecular formula is C15H15ClN2O2S. The molecule has 0 aliphatic carbocycles. The molecule has 0 aliphatic heterocycles. The molecule has 1 aromatic carbocycles. The van der Waals surface area contributed by atoms with Gasteiger partial charge in [-0.2, -0.15) is 0 Å². The predicted octanol–water partition coefficient (Wildman–Crippen LogP) is 3.86. The number of hydrogen-bond acceptors (Lipinski definition) is 4. The summed E-state index contributed by atoms with van der Waals surface area (Å²) in [6, 6.07) is 11.1. The van der Waals surface area contributed by atoms with Crippen molar-refractivity contribution in [3.05, 3.63) is 47.6 Å². The van der Waals surface area contributed by atoms with Crippen LogP contribution in [0.15, 0.2) is 47.5 Å². The number of thioether (sulfide) groups is 1. The lowest BCUT2D eigenvalue weighted by Crippen LogP contribution is -2.13. The van der Waals surface area contributed by atoms with Gasteiger partial charge in [0, 0.05) is 23.3 Å². The highest BCUT2D eigenvalue weighted by atomic mass is 35.5. The second kappa shape index (κ2) is 7.90. The topological polar surface area (TPSA) is 51.2 Å². The Hall–Kier alpha value is -1.72. The van der Waals surface area contributed by atoms with Crippen LogP contribution in [-0.4, -0.2) is 23.8 Å². The van der Waals surface area contributed by atoms with E-state index in [4.69, 9.17) is 16.3 Å². The minimum Gasteiger partial charge on any atom is -0.497 e. The molecule has 0 fully saturated rings. The van der Waals surface area contributed by atoms with Crippen molar-refractivity contribution in [3.8, 4) is 5.75 Å². The molecule has 4 nitrogen and oxygen atoms in total. The summed E-state index contributed by atoms with van der Waals surface area (Å²) in [7, 11) is 1.64. The molecule has 110 valence electrons. The maximum absolute atomic E-state index is 11.8. The Morgan fingerprint density at radius 3 is 2.67 bits per heavy atom. The Morgan fingerprint density at radius 2 is 2.05 bits per heavy atom. The van der Waals surface area contributed by atoms with Crippen LogP contribution in [0.1, 0.15) is 6.42 Å². The third-order valence-electron chi connectivity index (χ3n) is 2.65. The molecule has 21 heavy (non-hydrogen) atoms. The number of halogens is 1. The molecule has 0 saturated heterocycles. The third kappa shape index (κ3) is 5.28. The molecule has 0 atom stereocenters. The fraction of sp³-hybridized carbons (Fsp3) is 0.200. The molecular weight excluding hydrogens is 308 g/mol. The van der Waals surface area contributed by atoms with Crippen molar-refractivity contribution in [2.24, 2.45) is 0 Å². The van der Waals surface area contributed by atoms with E-state index in [-0.39, 0.29) is 5.91 Å². The molecule has 1 amide bonds. The maximum Gasteiger partial charge on any atom is 0.226 e. The molecule has 2 aromatic rings. The van der Waals surface area contributed by atoms with Crippen LogP contribution in [0, 0.1) is 0 Å². The molecule has 6 heteroatoms. The van der Waals surface area contributed by atoms with Crippen LogP contribution in [0.2, 0.25) is 5.02 Å². The smallest absolute Gasteiger partial charge is 0.226 e. The first-order chi connectivity index (χ1) is 10.2. The number of ether oxygens (including phenoxy) is 1. The largest absolute Gasteiger partial charge is 0.497 e. The number of amides is 1. The number of pyridine rings is 1. The summed E-state index contributed by atoms with van der Waals surface area (Å²) in [5.74, 6) is 1.97. The molecule has 0 spiro atoms. The average Bonchev–Trinajstić information content (AvgIpc) is 2.50. The molecule has 1 N–H and O–H groups in total. The zero-order valence-corrected chi connectivity index (χ0v) is 13.1. The first kappa shape index (κ1) is 15.7. The number of anilines is 1. The number of rotatable bonds is 6. The lowest BCUT2D eigenvalue weighted by atomic mass is 10.3. The molecule has 0 radical (unpaired) electrons. The number of carbonyl (C=O) groups excluding carboxylic acids is 1. The van der Waals surface area contributed by atoms with Crippen molar-refractivity contribution in [1.29, 1.82) is 0 Å². The summed E-state index contributed by atoms with van der Waals surface area (Å²) in [5.41, 5.74) is 0. The number of benzene rings is 1. The zero-order chi connectivity index (χ0) is 15.1. The van der Waals surface area contributed by atoms with Crippen molar-refractivity contribution in [1.82, 2.24) is 4.98 Å². The molecule has 1 aromatic heterocycles. The van der Waals surface area contributed by atoms with E-state index in [9.17, 15) is 4.79 Å². The summed E-state index contributed by atoms with van der Waals surface area (Å²) in [5, 5.41) is 3.28. The van der Waals surface area contributed by atoms with Gasteiger partial charge in [0.05, 0.1) is 12.1 Å². The van der Waals surface area contributed by atoms with E-state index in [1.165, 1.54) is 6.20 Å². The highest BCUT2D eigenvalue weighted by Crippen LogP contribution is 2.22. The minimum atomic E-state index is -0.0640. The van der Waals surface area contributed by atoms with Crippen molar-refractivity contribution in [2.75, 3.05) is 18.2 Å². The number of carbonyl (C=O) groups is 1. The van der Waals surface area contributed by atoms with Gasteiger partial charge in [-0.25, -0.2) is 4.98 Å². The van der Waals surface area contributed by atoms with Crippen LogP contribution in [-0.2, 0) is 4.79 Å². The lowest BCUT2D eigenvalue weighted by molar-refractivity contribution is -0.115. The van der Waals surface area contributed by atoms with E-state index in [1.807, 2.05) is 24.3 Å². The maximum atomic E-state index is 11.8. The standard InChI is InChI=1S/C15H15ClN2O2S/c1-20-12-3-5-13(6-4-12)21-9-8-15(19)18-14-7-2-11(16)10-17-14/h2-7,10H,8-9H2,1H3,(H,17,18,19). The van der Waals surface area contributed by atoms with Gasteiger partial charge in [0.15, 0.2) is 0 Å². The minimum absolute atomic E-state index is 0.0640. The van der Waals surface area contributed by atoms with E-state index in [0.29, 0.717) is 23.0 Å². The van der Waals surface area contributed by atoms with Gasteiger partial charge in [-0.3, -0.25) is 4.79 Å². The van der Waals surface area contributed by atoms with Crippen LogP contribution in [0.4, 0.5) is 5.82 Å². The van der Waals surface area contributed by atoms with Crippen molar-refractivity contribution < 1.29 is 9.53 Å². The molecule has 2 rings (SSSR count). The second-order valence-electron chi connectivity index (χ2n) is 4.18. The quantitative estimate of drug-likeness (QED) is 0.820. The van der Waals surface area contributed by atoms with Gasteiger partial charge >= 0.3 is 0 Å². The van der Waals surface area contributed by atoms with Gasteiger partial charge in [0.1, 0.15) is 11.6 Å². The van der Waals surface area contributed by atoms with E-state index >= 15 is 0 Å². The number of hydrogen-bond donors (Lipinski definition) is 1. The predicted molar refractivity (Wildman–Crippen MR) is 86.2 cm³/mol. The highest BCUT2D eigenvalue weighted by Gasteiger charge is 2.04. The van der Waals surface area contributed by atoms with E-state index in [2.05, 4.69) is 10.3 Å². The number of nitrogens with one attached hydrogen (secondary N) is 1. The van der Waals surface area contributed by atoms with Crippen LogP contribution in [0.25, 0.3) is 0 Å². The summed E-state index contributed by atoms with van der Waals surface area (Å²) < 4.78 is 5.10.